The van der Waals surface area contributed by atoms with E-state index >= 15 is 0 Å². The first-order valence-corrected chi connectivity index (χ1v) is 10.1. The molecule has 0 bridgehead atoms. The Balaban J connectivity index is 1.47. The molecule has 148 valence electrons. The predicted molar refractivity (Wildman–Crippen MR) is 118 cm³/mol. The van der Waals surface area contributed by atoms with E-state index in [1.807, 2.05) is 48.5 Å². The highest BCUT2D eigenvalue weighted by Gasteiger charge is 2.32. The number of rotatable bonds is 5. The van der Waals surface area contributed by atoms with Crippen LogP contribution in [0.3, 0.4) is 0 Å². The number of carbonyl (C=O) groups excluding carboxylic acids is 1. The minimum Gasteiger partial charge on any atom is -0.496 e. The average molecular weight is 453 g/mol. The lowest BCUT2D eigenvalue weighted by molar-refractivity contribution is -0.122. The number of benzene rings is 3. The normalized spacial score (nSPS) is 19.0. The summed E-state index contributed by atoms with van der Waals surface area (Å²) in [6.07, 6.45) is 2.20. The third kappa shape index (κ3) is 4.17. The van der Waals surface area contributed by atoms with Crippen molar-refractivity contribution in [3.05, 3.63) is 76.3 Å². The second kappa shape index (κ2) is 8.73. The molecule has 4 rings (SSSR count). The lowest BCUT2D eigenvalue weighted by Crippen LogP contribution is -2.41. The van der Waals surface area contributed by atoms with Crippen molar-refractivity contribution >= 4 is 38.8 Å². The molecule has 2 unspecified atom stereocenters. The van der Waals surface area contributed by atoms with E-state index in [0.717, 1.165) is 32.1 Å². The molecule has 1 heterocycles. The van der Waals surface area contributed by atoms with Gasteiger partial charge in [-0.1, -0.05) is 64.5 Å². The number of amides is 1. The van der Waals surface area contributed by atoms with Crippen LogP contribution in [-0.4, -0.2) is 25.3 Å². The number of hydrazine groups is 1. The molecule has 0 radical (unpaired) electrons. The maximum atomic E-state index is 12.5. The van der Waals surface area contributed by atoms with Gasteiger partial charge in [0.2, 0.25) is 0 Å². The van der Waals surface area contributed by atoms with E-state index in [4.69, 9.17) is 4.74 Å². The summed E-state index contributed by atoms with van der Waals surface area (Å²) in [6.45, 7) is 0. The highest BCUT2D eigenvalue weighted by atomic mass is 79.9. The van der Waals surface area contributed by atoms with Crippen LogP contribution in [0.2, 0.25) is 0 Å². The standard InChI is InChI=1S/C22H21BrN4O2/c1-29-20-11-10-14-6-2-4-8-16(14)21(20)18-12-19(26-25-18)22(28)27-24-13-15-7-3-5-9-17(15)23/h2-11,13,18-19,25-26H,12H2,1H3,(H,27,28)/b24-13+. The SMILES string of the molecule is COc1ccc2ccccc2c1C1CC(C(=O)N/N=C/c2ccccc2Br)NN1. The van der Waals surface area contributed by atoms with Crippen LogP contribution in [0.5, 0.6) is 5.75 Å². The average Bonchev–Trinajstić information content (AvgIpc) is 3.24. The van der Waals surface area contributed by atoms with Gasteiger partial charge in [0.25, 0.3) is 5.91 Å². The molecule has 2 atom stereocenters. The number of carbonyl (C=O) groups is 1. The number of ether oxygens (including phenoxy) is 1. The number of hydrogen-bond acceptors (Lipinski definition) is 5. The quantitative estimate of drug-likeness (QED) is 0.407. The van der Waals surface area contributed by atoms with Gasteiger partial charge in [-0.2, -0.15) is 5.10 Å². The third-order valence-corrected chi connectivity index (χ3v) is 5.72. The van der Waals surface area contributed by atoms with Crippen LogP contribution < -0.4 is 21.0 Å². The summed E-state index contributed by atoms with van der Waals surface area (Å²) in [5.74, 6) is 0.610. The molecule has 1 saturated heterocycles. The molecule has 1 fully saturated rings. The first kappa shape index (κ1) is 19.6. The zero-order valence-electron chi connectivity index (χ0n) is 15.9. The monoisotopic (exact) mass is 452 g/mol. The molecule has 0 aromatic heterocycles. The summed E-state index contributed by atoms with van der Waals surface area (Å²) in [5.41, 5.74) is 10.9. The summed E-state index contributed by atoms with van der Waals surface area (Å²) in [4.78, 5) is 12.5. The number of hydrogen-bond donors (Lipinski definition) is 3. The fourth-order valence-electron chi connectivity index (χ4n) is 3.55. The first-order valence-electron chi connectivity index (χ1n) is 9.31. The Kier molecular flexibility index (Phi) is 5.89. The van der Waals surface area contributed by atoms with E-state index in [9.17, 15) is 4.79 Å². The maximum absolute atomic E-state index is 12.5. The van der Waals surface area contributed by atoms with Crippen molar-refractivity contribution in [2.45, 2.75) is 18.5 Å². The van der Waals surface area contributed by atoms with Crippen LogP contribution in [0.1, 0.15) is 23.6 Å². The maximum Gasteiger partial charge on any atom is 0.258 e. The molecule has 3 N–H and O–H groups in total. The number of nitrogens with one attached hydrogen (secondary N) is 3. The molecule has 1 aliphatic rings. The number of fused-ring (bicyclic) bond motifs is 1. The molecule has 6 nitrogen and oxygen atoms in total. The van der Waals surface area contributed by atoms with E-state index < -0.39 is 6.04 Å². The van der Waals surface area contributed by atoms with Crippen molar-refractivity contribution in [2.24, 2.45) is 5.10 Å². The molecule has 0 saturated carbocycles. The first-order chi connectivity index (χ1) is 14.2. The van der Waals surface area contributed by atoms with Crippen LogP contribution in [0, 0.1) is 0 Å². The van der Waals surface area contributed by atoms with E-state index in [1.165, 1.54) is 0 Å². The molecule has 7 heteroatoms. The smallest absolute Gasteiger partial charge is 0.258 e. The second-order valence-corrected chi connectivity index (χ2v) is 7.64. The molecule has 29 heavy (non-hydrogen) atoms. The van der Waals surface area contributed by atoms with Gasteiger partial charge in [0.1, 0.15) is 11.8 Å². The van der Waals surface area contributed by atoms with Gasteiger partial charge in [-0.05, 0) is 29.3 Å². The summed E-state index contributed by atoms with van der Waals surface area (Å²) < 4.78 is 6.51. The highest BCUT2D eigenvalue weighted by Crippen LogP contribution is 2.36. The summed E-state index contributed by atoms with van der Waals surface area (Å²) in [6, 6.07) is 19.4. The van der Waals surface area contributed by atoms with E-state index in [1.54, 1.807) is 13.3 Å². The number of halogens is 1. The van der Waals surface area contributed by atoms with E-state index in [2.05, 4.69) is 49.4 Å². The molecule has 0 spiro atoms. The van der Waals surface area contributed by atoms with Gasteiger partial charge in [0.15, 0.2) is 0 Å². The Labute approximate surface area is 177 Å². The van der Waals surface area contributed by atoms with Crippen molar-refractivity contribution in [1.82, 2.24) is 16.3 Å². The largest absolute Gasteiger partial charge is 0.496 e. The fraction of sp³-hybridized carbons (Fsp3) is 0.182. The summed E-state index contributed by atoms with van der Waals surface area (Å²) in [7, 11) is 1.66. The van der Waals surface area contributed by atoms with E-state index in [0.29, 0.717) is 6.42 Å². The van der Waals surface area contributed by atoms with Crippen molar-refractivity contribution in [1.29, 1.82) is 0 Å². The lowest BCUT2D eigenvalue weighted by atomic mass is 9.95. The number of hydrazone groups is 1. The van der Waals surface area contributed by atoms with Crippen LogP contribution in [0.4, 0.5) is 0 Å². The minimum atomic E-state index is -0.403. The number of nitrogens with zero attached hydrogens (tertiary/aromatic N) is 1. The fourth-order valence-corrected chi connectivity index (χ4v) is 3.94. The van der Waals surface area contributed by atoms with Crippen LogP contribution in [0.25, 0.3) is 10.8 Å². The molecule has 1 amide bonds. The van der Waals surface area contributed by atoms with Gasteiger partial charge in [0.05, 0.1) is 19.4 Å². The minimum absolute atomic E-state index is 0.0564. The van der Waals surface area contributed by atoms with Gasteiger partial charge < -0.3 is 4.74 Å². The van der Waals surface area contributed by atoms with E-state index in [-0.39, 0.29) is 11.9 Å². The molecular formula is C22H21BrN4O2. The van der Waals surface area contributed by atoms with Crippen LogP contribution >= 0.6 is 15.9 Å². The number of methoxy groups -OCH3 is 1. The Morgan fingerprint density at radius 2 is 1.93 bits per heavy atom. The van der Waals surface area contributed by atoms with Gasteiger partial charge in [-0.25, -0.2) is 16.3 Å². The second-order valence-electron chi connectivity index (χ2n) is 6.79. The van der Waals surface area contributed by atoms with Gasteiger partial charge >= 0.3 is 0 Å². The van der Waals surface area contributed by atoms with Gasteiger partial charge in [-0.3, -0.25) is 4.79 Å². The van der Waals surface area contributed by atoms with Crippen LogP contribution in [-0.2, 0) is 4.79 Å². The van der Waals surface area contributed by atoms with Gasteiger partial charge in [0, 0.05) is 15.6 Å². The molecule has 3 aromatic rings. The van der Waals surface area contributed by atoms with Crippen molar-refractivity contribution in [3.63, 3.8) is 0 Å². The third-order valence-electron chi connectivity index (χ3n) is 5.00. The van der Waals surface area contributed by atoms with Crippen molar-refractivity contribution < 1.29 is 9.53 Å². The summed E-state index contributed by atoms with van der Waals surface area (Å²) >= 11 is 3.46. The van der Waals surface area contributed by atoms with Crippen molar-refractivity contribution in [3.8, 4) is 5.75 Å². The molecule has 1 aliphatic heterocycles. The predicted octanol–water partition coefficient (Wildman–Crippen LogP) is 3.67. The Hall–Kier alpha value is -2.74. The van der Waals surface area contributed by atoms with Crippen molar-refractivity contribution in [2.75, 3.05) is 7.11 Å². The molecule has 3 aromatic carbocycles. The topological polar surface area (TPSA) is 74.8 Å². The Morgan fingerprint density at radius 3 is 2.76 bits per heavy atom. The van der Waals surface area contributed by atoms with Gasteiger partial charge in [-0.15, -0.1) is 0 Å². The highest BCUT2D eigenvalue weighted by molar-refractivity contribution is 9.10. The Morgan fingerprint density at radius 1 is 1.14 bits per heavy atom. The summed E-state index contributed by atoms with van der Waals surface area (Å²) in [5, 5.41) is 6.33. The zero-order valence-corrected chi connectivity index (χ0v) is 17.4. The Bertz CT molecular complexity index is 1070. The van der Waals surface area contributed by atoms with Crippen LogP contribution in [0.15, 0.2) is 70.2 Å². The lowest BCUT2D eigenvalue weighted by Gasteiger charge is -2.17. The molecule has 0 aliphatic carbocycles. The zero-order chi connectivity index (χ0) is 20.2. The molecular weight excluding hydrogens is 432 g/mol.